The van der Waals surface area contributed by atoms with E-state index < -0.39 is 0 Å². The molecule has 0 saturated heterocycles. The second kappa shape index (κ2) is 5.22. The average molecular weight is 186 g/mol. The fourth-order valence-electron chi connectivity index (χ4n) is 1.38. The molecule has 0 aromatic rings. The highest BCUT2D eigenvalue weighted by Crippen LogP contribution is 2.09. The zero-order valence-electron chi connectivity index (χ0n) is 9.37. The van der Waals surface area contributed by atoms with Gasteiger partial charge in [0.2, 0.25) is 5.91 Å². The quantitative estimate of drug-likeness (QED) is 0.717. The highest BCUT2D eigenvalue weighted by molar-refractivity contribution is 5.81. The molecule has 0 aliphatic carbocycles. The molecule has 3 nitrogen and oxygen atoms in total. The van der Waals surface area contributed by atoms with Crippen molar-refractivity contribution in [2.75, 3.05) is 7.05 Å². The van der Waals surface area contributed by atoms with E-state index in [0.29, 0.717) is 5.92 Å². The van der Waals surface area contributed by atoms with Crippen molar-refractivity contribution in [1.29, 1.82) is 0 Å². The molecule has 0 bridgehead atoms. The Morgan fingerprint density at radius 2 is 1.77 bits per heavy atom. The Bertz CT molecular complexity index is 166. The van der Waals surface area contributed by atoms with Gasteiger partial charge in [-0.25, -0.2) is 0 Å². The number of nitrogens with zero attached hydrogens (tertiary/aromatic N) is 1. The van der Waals surface area contributed by atoms with E-state index in [9.17, 15) is 4.79 Å². The summed E-state index contributed by atoms with van der Waals surface area (Å²) in [5.74, 6) is 0.631. The molecule has 1 unspecified atom stereocenters. The minimum Gasteiger partial charge on any atom is -0.342 e. The highest BCUT2D eigenvalue weighted by Gasteiger charge is 2.19. The first-order valence-electron chi connectivity index (χ1n) is 4.88. The van der Waals surface area contributed by atoms with E-state index in [1.807, 2.05) is 7.05 Å². The molecule has 1 amide bonds. The van der Waals surface area contributed by atoms with Crippen molar-refractivity contribution in [2.24, 2.45) is 11.7 Å². The smallest absolute Gasteiger partial charge is 0.239 e. The normalized spacial score (nSPS) is 15.6. The van der Waals surface area contributed by atoms with Gasteiger partial charge in [-0.05, 0) is 26.2 Å². The zero-order valence-corrected chi connectivity index (χ0v) is 9.37. The fourth-order valence-corrected chi connectivity index (χ4v) is 1.38. The third kappa shape index (κ3) is 4.27. The first-order valence-corrected chi connectivity index (χ1v) is 4.88. The Labute approximate surface area is 81.3 Å². The first-order chi connectivity index (χ1) is 5.86. The van der Waals surface area contributed by atoms with E-state index in [2.05, 4.69) is 20.8 Å². The molecule has 0 radical (unpaired) electrons. The fraction of sp³-hybridized carbons (Fsp3) is 0.900. The van der Waals surface area contributed by atoms with Gasteiger partial charge in [-0.1, -0.05) is 13.8 Å². The summed E-state index contributed by atoms with van der Waals surface area (Å²) >= 11 is 0. The lowest BCUT2D eigenvalue weighted by molar-refractivity contribution is -0.132. The SMILES string of the molecule is CC(C)CC(C)N(C)C(=O)[C@@H](C)N. The van der Waals surface area contributed by atoms with Crippen molar-refractivity contribution in [3.05, 3.63) is 0 Å². The molecule has 78 valence electrons. The molecule has 0 aromatic carbocycles. The van der Waals surface area contributed by atoms with Gasteiger partial charge in [0.05, 0.1) is 6.04 Å². The Hall–Kier alpha value is -0.570. The number of likely N-dealkylation sites (N-methyl/N-ethyl adjacent to an activating group) is 1. The van der Waals surface area contributed by atoms with Crippen LogP contribution < -0.4 is 5.73 Å². The van der Waals surface area contributed by atoms with Crippen LogP contribution in [0.25, 0.3) is 0 Å². The van der Waals surface area contributed by atoms with E-state index in [4.69, 9.17) is 5.73 Å². The maximum Gasteiger partial charge on any atom is 0.239 e. The second-order valence-electron chi connectivity index (χ2n) is 4.22. The summed E-state index contributed by atoms with van der Waals surface area (Å²) < 4.78 is 0. The topological polar surface area (TPSA) is 46.3 Å². The van der Waals surface area contributed by atoms with Crippen molar-refractivity contribution in [1.82, 2.24) is 4.90 Å². The van der Waals surface area contributed by atoms with Crippen LogP contribution in [0.4, 0.5) is 0 Å². The maximum atomic E-state index is 11.5. The Kier molecular flexibility index (Phi) is 4.99. The predicted octanol–water partition coefficient (Wildman–Crippen LogP) is 1.23. The lowest BCUT2D eigenvalue weighted by Crippen LogP contribution is -2.44. The summed E-state index contributed by atoms with van der Waals surface area (Å²) in [6.07, 6.45) is 1.02. The molecule has 13 heavy (non-hydrogen) atoms. The van der Waals surface area contributed by atoms with Crippen molar-refractivity contribution in [3.63, 3.8) is 0 Å². The summed E-state index contributed by atoms with van der Waals surface area (Å²) in [4.78, 5) is 13.2. The molecule has 0 aromatic heterocycles. The summed E-state index contributed by atoms with van der Waals surface area (Å²) in [6.45, 7) is 8.09. The maximum absolute atomic E-state index is 11.5. The van der Waals surface area contributed by atoms with Crippen LogP contribution in [0.15, 0.2) is 0 Å². The van der Waals surface area contributed by atoms with E-state index >= 15 is 0 Å². The molecule has 0 spiro atoms. The Balaban J connectivity index is 4.09. The first kappa shape index (κ1) is 12.4. The standard InChI is InChI=1S/C10H22N2O/c1-7(2)6-8(3)12(5)10(13)9(4)11/h7-9H,6,11H2,1-5H3/t8?,9-/m1/s1. The second-order valence-corrected chi connectivity index (χ2v) is 4.22. The Morgan fingerprint density at radius 1 is 1.31 bits per heavy atom. The van der Waals surface area contributed by atoms with Gasteiger partial charge in [0.25, 0.3) is 0 Å². The van der Waals surface area contributed by atoms with Crippen LogP contribution in [-0.2, 0) is 4.79 Å². The number of carbonyl (C=O) groups is 1. The molecule has 0 rings (SSSR count). The highest BCUT2D eigenvalue weighted by atomic mass is 16.2. The van der Waals surface area contributed by atoms with Gasteiger partial charge < -0.3 is 10.6 Å². The van der Waals surface area contributed by atoms with E-state index in [0.717, 1.165) is 6.42 Å². The number of rotatable bonds is 4. The number of nitrogens with two attached hydrogens (primary N) is 1. The summed E-state index contributed by atoms with van der Waals surface area (Å²) in [7, 11) is 1.82. The van der Waals surface area contributed by atoms with Crippen LogP contribution >= 0.6 is 0 Å². The van der Waals surface area contributed by atoms with Gasteiger partial charge in [0.1, 0.15) is 0 Å². The monoisotopic (exact) mass is 186 g/mol. The molecule has 3 heteroatoms. The molecule has 0 heterocycles. The number of amides is 1. The summed E-state index contributed by atoms with van der Waals surface area (Å²) in [5, 5.41) is 0. The van der Waals surface area contributed by atoms with Crippen LogP contribution in [-0.4, -0.2) is 29.9 Å². The molecule has 0 aliphatic rings. The lowest BCUT2D eigenvalue weighted by Gasteiger charge is -2.27. The van der Waals surface area contributed by atoms with Gasteiger partial charge in [0, 0.05) is 13.1 Å². The zero-order chi connectivity index (χ0) is 10.6. The third-order valence-corrected chi connectivity index (χ3v) is 2.21. The van der Waals surface area contributed by atoms with E-state index in [1.165, 1.54) is 0 Å². The van der Waals surface area contributed by atoms with Crippen molar-refractivity contribution >= 4 is 5.91 Å². The Morgan fingerprint density at radius 3 is 2.08 bits per heavy atom. The summed E-state index contributed by atoms with van der Waals surface area (Å²) in [6, 6.07) is -0.113. The predicted molar refractivity (Wildman–Crippen MR) is 55.3 cm³/mol. The van der Waals surface area contributed by atoms with Crippen LogP contribution in [0.1, 0.15) is 34.1 Å². The van der Waals surface area contributed by atoms with Gasteiger partial charge >= 0.3 is 0 Å². The van der Waals surface area contributed by atoms with Gasteiger partial charge in [0.15, 0.2) is 0 Å². The van der Waals surface area contributed by atoms with Gasteiger partial charge in [-0.15, -0.1) is 0 Å². The molecule has 0 saturated carbocycles. The molecular weight excluding hydrogens is 164 g/mol. The minimum absolute atomic E-state index is 0.0214. The summed E-state index contributed by atoms with van der Waals surface area (Å²) in [5.41, 5.74) is 5.51. The van der Waals surface area contributed by atoms with E-state index in [1.54, 1.807) is 11.8 Å². The molecule has 0 aliphatic heterocycles. The van der Waals surface area contributed by atoms with Crippen molar-refractivity contribution < 1.29 is 4.79 Å². The molecule has 2 N–H and O–H groups in total. The number of carbonyl (C=O) groups excluding carboxylic acids is 1. The van der Waals surface area contributed by atoms with Crippen LogP contribution in [0, 0.1) is 5.92 Å². The minimum atomic E-state index is -0.389. The van der Waals surface area contributed by atoms with Crippen LogP contribution in [0.2, 0.25) is 0 Å². The van der Waals surface area contributed by atoms with Crippen molar-refractivity contribution in [2.45, 2.75) is 46.2 Å². The molecule has 2 atom stereocenters. The third-order valence-electron chi connectivity index (χ3n) is 2.21. The van der Waals surface area contributed by atoms with Crippen LogP contribution in [0.5, 0.6) is 0 Å². The number of hydrogen-bond acceptors (Lipinski definition) is 2. The lowest BCUT2D eigenvalue weighted by atomic mass is 10.0. The van der Waals surface area contributed by atoms with Gasteiger partial charge in [-0.2, -0.15) is 0 Å². The van der Waals surface area contributed by atoms with Gasteiger partial charge in [-0.3, -0.25) is 4.79 Å². The average Bonchev–Trinajstić information content (AvgIpc) is 2.00. The largest absolute Gasteiger partial charge is 0.342 e. The van der Waals surface area contributed by atoms with Crippen molar-refractivity contribution in [3.8, 4) is 0 Å². The molecular formula is C10H22N2O. The van der Waals surface area contributed by atoms with Crippen LogP contribution in [0.3, 0.4) is 0 Å². The van der Waals surface area contributed by atoms with E-state index in [-0.39, 0.29) is 18.0 Å². The molecule has 0 fully saturated rings. The number of hydrogen-bond donors (Lipinski definition) is 1.